The fraction of sp³-hybridized carbons (Fsp3) is 0.529. The SMILES string of the molecule is O=C(O)CCC1CCCCN1C(=O)c1cc(Br)c2c(c1)OCCO2. The molecule has 0 saturated carbocycles. The van der Waals surface area contributed by atoms with E-state index >= 15 is 0 Å². The van der Waals surface area contributed by atoms with Gasteiger partial charge in [-0.25, -0.2) is 0 Å². The molecule has 2 aliphatic rings. The van der Waals surface area contributed by atoms with E-state index in [1.54, 1.807) is 12.1 Å². The van der Waals surface area contributed by atoms with E-state index in [1.807, 2.05) is 4.90 Å². The smallest absolute Gasteiger partial charge is 0.303 e. The van der Waals surface area contributed by atoms with E-state index in [-0.39, 0.29) is 18.4 Å². The second kappa shape index (κ2) is 7.42. The Labute approximate surface area is 148 Å². The quantitative estimate of drug-likeness (QED) is 0.844. The molecule has 0 bridgehead atoms. The molecule has 1 unspecified atom stereocenters. The average molecular weight is 398 g/mol. The molecule has 2 aliphatic heterocycles. The van der Waals surface area contributed by atoms with E-state index in [1.165, 1.54) is 0 Å². The zero-order valence-corrected chi connectivity index (χ0v) is 14.9. The summed E-state index contributed by atoms with van der Waals surface area (Å²) in [6, 6.07) is 3.44. The van der Waals surface area contributed by atoms with Crippen LogP contribution in [-0.2, 0) is 4.79 Å². The molecule has 24 heavy (non-hydrogen) atoms. The number of benzene rings is 1. The van der Waals surface area contributed by atoms with Gasteiger partial charge in [0.15, 0.2) is 11.5 Å². The number of fused-ring (bicyclic) bond motifs is 1. The lowest BCUT2D eigenvalue weighted by atomic mass is 9.97. The number of ether oxygens (including phenoxy) is 2. The lowest BCUT2D eigenvalue weighted by Gasteiger charge is -2.36. The Morgan fingerprint density at radius 3 is 2.83 bits per heavy atom. The van der Waals surface area contributed by atoms with Crippen molar-refractivity contribution in [1.29, 1.82) is 0 Å². The topological polar surface area (TPSA) is 76.1 Å². The van der Waals surface area contributed by atoms with Gasteiger partial charge < -0.3 is 19.5 Å². The number of aliphatic carboxylic acids is 1. The first-order valence-corrected chi connectivity index (χ1v) is 8.97. The molecule has 0 spiro atoms. The largest absolute Gasteiger partial charge is 0.486 e. The van der Waals surface area contributed by atoms with Crippen LogP contribution in [0.2, 0.25) is 0 Å². The molecular weight excluding hydrogens is 378 g/mol. The molecule has 1 saturated heterocycles. The maximum absolute atomic E-state index is 13.0. The van der Waals surface area contributed by atoms with Crippen molar-refractivity contribution >= 4 is 27.8 Å². The van der Waals surface area contributed by atoms with Crippen LogP contribution in [0.25, 0.3) is 0 Å². The van der Waals surface area contributed by atoms with Gasteiger partial charge in [-0.3, -0.25) is 9.59 Å². The number of carbonyl (C=O) groups excluding carboxylic acids is 1. The highest BCUT2D eigenvalue weighted by Crippen LogP contribution is 2.39. The fourth-order valence-corrected chi connectivity index (χ4v) is 3.81. The second-order valence-electron chi connectivity index (χ2n) is 6.06. The predicted molar refractivity (Wildman–Crippen MR) is 90.7 cm³/mol. The van der Waals surface area contributed by atoms with Crippen LogP contribution in [0.3, 0.4) is 0 Å². The summed E-state index contributed by atoms with van der Waals surface area (Å²) in [6.07, 6.45) is 3.40. The molecule has 2 heterocycles. The predicted octanol–water partition coefficient (Wildman–Crippen LogP) is 3.08. The first-order chi connectivity index (χ1) is 11.6. The minimum Gasteiger partial charge on any atom is -0.486 e. The molecule has 3 rings (SSSR count). The van der Waals surface area contributed by atoms with Crippen LogP contribution in [0, 0.1) is 0 Å². The number of hydrogen-bond acceptors (Lipinski definition) is 4. The van der Waals surface area contributed by atoms with E-state index in [4.69, 9.17) is 14.6 Å². The van der Waals surface area contributed by atoms with Crippen molar-refractivity contribution in [1.82, 2.24) is 4.90 Å². The lowest BCUT2D eigenvalue weighted by molar-refractivity contribution is -0.137. The summed E-state index contributed by atoms with van der Waals surface area (Å²) in [6.45, 7) is 1.61. The molecule has 1 N–H and O–H groups in total. The normalized spacial score (nSPS) is 19.9. The minimum absolute atomic E-state index is 0.0191. The Kier molecular flexibility index (Phi) is 5.28. The number of amides is 1. The Morgan fingerprint density at radius 1 is 1.25 bits per heavy atom. The van der Waals surface area contributed by atoms with Crippen LogP contribution < -0.4 is 9.47 Å². The molecule has 1 atom stereocenters. The number of piperidine rings is 1. The van der Waals surface area contributed by atoms with Gasteiger partial charge in [-0.15, -0.1) is 0 Å². The first-order valence-electron chi connectivity index (χ1n) is 8.18. The highest BCUT2D eigenvalue weighted by atomic mass is 79.9. The number of likely N-dealkylation sites (tertiary alicyclic amines) is 1. The average Bonchev–Trinajstić information content (AvgIpc) is 2.59. The maximum atomic E-state index is 13.0. The standard InChI is InChI=1S/C17H20BrNO5/c18-13-9-11(10-14-16(13)24-8-7-23-14)17(22)19-6-2-1-3-12(19)4-5-15(20)21/h9-10,12H,1-8H2,(H,20,21). The highest BCUT2D eigenvalue weighted by molar-refractivity contribution is 9.10. The first kappa shape index (κ1) is 17.1. The van der Waals surface area contributed by atoms with Crippen molar-refractivity contribution in [3.63, 3.8) is 0 Å². The van der Waals surface area contributed by atoms with Crippen LogP contribution >= 0.6 is 15.9 Å². The maximum Gasteiger partial charge on any atom is 0.303 e. The molecule has 130 valence electrons. The van der Waals surface area contributed by atoms with E-state index in [2.05, 4.69) is 15.9 Å². The zero-order valence-electron chi connectivity index (χ0n) is 13.3. The molecule has 0 aliphatic carbocycles. The summed E-state index contributed by atoms with van der Waals surface area (Å²) in [4.78, 5) is 25.6. The van der Waals surface area contributed by atoms with E-state index in [0.717, 1.165) is 19.3 Å². The highest BCUT2D eigenvalue weighted by Gasteiger charge is 2.29. The van der Waals surface area contributed by atoms with Gasteiger partial charge in [-0.2, -0.15) is 0 Å². The monoisotopic (exact) mass is 397 g/mol. The Hall–Kier alpha value is -1.76. The molecule has 6 nitrogen and oxygen atoms in total. The number of nitrogens with zero attached hydrogens (tertiary/aromatic N) is 1. The Bertz CT molecular complexity index is 648. The van der Waals surface area contributed by atoms with Gasteiger partial charge in [-0.05, 0) is 53.7 Å². The summed E-state index contributed by atoms with van der Waals surface area (Å²) in [5.74, 6) is 0.287. The third kappa shape index (κ3) is 3.66. The lowest BCUT2D eigenvalue weighted by Crippen LogP contribution is -2.44. The molecular formula is C17H20BrNO5. The van der Waals surface area contributed by atoms with E-state index < -0.39 is 5.97 Å². The Morgan fingerprint density at radius 2 is 2.04 bits per heavy atom. The van der Waals surface area contributed by atoms with Crippen molar-refractivity contribution < 1.29 is 24.2 Å². The number of carboxylic acid groups (broad SMARTS) is 1. The van der Waals surface area contributed by atoms with Crippen molar-refractivity contribution in [3.05, 3.63) is 22.2 Å². The van der Waals surface area contributed by atoms with Crippen molar-refractivity contribution in [2.24, 2.45) is 0 Å². The number of carbonyl (C=O) groups is 2. The summed E-state index contributed by atoms with van der Waals surface area (Å²) < 4.78 is 11.8. The van der Waals surface area contributed by atoms with Gasteiger partial charge in [0.2, 0.25) is 0 Å². The molecule has 0 radical (unpaired) electrons. The minimum atomic E-state index is -0.824. The number of rotatable bonds is 4. The molecule has 1 amide bonds. The summed E-state index contributed by atoms with van der Waals surface area (Å²) in [5, 5.41) is 8.91. The van der Waals surface area contributed by atoms with Crippen molar-refractivity contribution in [2.45, 2.75) is 38.1 Å². The summed E-state index contributed by atoms with van der Waals surface area (Å²) in [7, 11) is 0. The van der Waals surface area contributed by atoms with Crippen LogP contribution in [0.1, 0.15) is 42.5 Å². The van der Waals surface area contributed by atoms with Gasteiger partial charge >= 0.3 is 5.97 Å². The third-order valence-electron chi connectivity index (χ3n) is 4.42. The van der Waals surface area contributed by atoms with Gasteiger partial charge in [-0.1, -0.05) is 0 Å². The van der Waals surface area contributed by atoms with Gasteiger partial charge in [0, 0.05) is 24.6 Å². The van der Waals surface area contributed by atoms with Crippen molar-refractivity contribution in [2.75, 3.05) is 19.8 Å². The number of halogens is 1. The zero-order chi connectivity index (χ0) is 17.1. The number of carboxylic acids is 1. The second-order valence-corrected chi connectivity index (χ2v) is 6.92. The Balaban J connectivity index is 1.81. The van der Waals surface area contributed by atoms with Crippen LogP contribution in [0.15, 0.2) is 16.6 Å². The fourth-order valence-electron chi connectivity index (χ4n) is 3.26. The van der Waals surface area contributed by atoms with Gasteiger partial charge in [0.1, 0.15) is 13.2 Å². The van der Waals surface area contributed by atoms with Crippen LogP contribution in [-0.4, -0.2) is 47.7 Å². The van der Waals surface area contributed by atoms with Crippen molar-refractivity contribution in [3.8, 4) is 11.5 Å². The van der Waals surface area contributed by atoms with E-state index in [0.29, 0.717) is 47.7 Å². The van der Waals surface area contributed by atoms with Crippen LogP contribution in [0.4, 0.5) is 0 Å². The summed E-state index contributed by atoms with van der Waals surface area (Å²) >= 11 is 3.44. The molecule has 7 heteroatoms. The third-order valence-corrected chi connectivity index (χ3v) is 5.01. The van der Waals surface area contributed by atoms with E-state index in [9.17, 15) is 9.59 Å². The van der Waals surface area contributed by atoms with Gasteiger partial charge in [0.05, 0.1) is 4.47 Å². The molecule has 1 fully saturated rings. The summed E-state index contributed by atoms with van der Waals surface area (Å²) in [5.41, 5.74) is 0.536. The van der Waals surface area contributed by atoms with Gasteiger partial charge in [0.25, 0.3) is 5.91 Å². The molecule has 1 aromatic rings. The number of hydrogen-bond donors (Lipinski definition) is 1. The molecule has 1 aromatic carbocycles. The van der Waals surface area contributed by atoms with Crippen LogP contribution in [0.5, 0.6) is 11.5 Å². The molecule has 0 aromatic heterocycles.